The molecule has 10 nitrogen and oxygen atoms in total. The third kappa shape index (κ3) is 5.88. The normalized spacial score (nSPS) is 28.8. The van der Waals surface area contributed by atoms with Crippen LogP contribution in [-0.2, 0) is 21.4 Å². The molecule has 1 aliphatic carbocycles. The fourth-order valence-electron chi connectivity index (χ4n) is 6.47. The molecule has 2 amide bonds. The van der Waals surface area contributed by atoms with Crippen molar-refractivity contribution in [2.45, 2.75) is 81.8 Å². The molecule has 2 aromatic rings. The minimum absolute atomic E-state index is 0.0169. The molecule has 1 N–H and O–H groups in total. The van der Waals surface area contributed by atoms with E-state index in [9.17, 15) is 22.4 Å². The van der Waals surface area contributed by atoms with Crippen LogP contribution in [0, 0.1) is 5.92 Å². The number of nitrogens with one attached hydrogen (secondary N) is 1. The zero-order valence-corrected chi connectivity index (χ0v) is 23.1. The van der Waals surface area contributed by atoms with Crippen molar-refractivity contribution >= 4 is 22.0 Å². The Morgan fingerprint density at radius 2 is 1.73 bits per heavy atom. The van der Waals surface area contributed by atoms with Crippen LogP contribution in [0.2, 0.25) is 0 Å². The molecule has 1 aromatic heterocycles. The number of alkyl halides is 1. The van der Waals surface area contributed by atoms with Crippen LogP contribution in [0.4, 0.5) is 9.18 Å². The monoisotopic (exact) mass is 574 g/mol. The second-order valence-corrected chi connectivity index (χ2v) is 13.5. The maximum absolute atomic E-state index is 13.5. The summed E-state index contributed by atoms with van der Waals surface area (Å²) in [4.78, 5) is 26.8. The van der Waals surface area contributed by atoms with Gasteiger partial charge in [-0.2, -0.15) is 4.31 Å². The van der Waals surface area contributed by atoms with Crippen molar-refractivity contribution in [1.82, 2.24) is 19.7 Å². The molecule has 1 aromatic carbocycles. The predicted octanol–water partition coefficient (Wildman–Crippen LogP) is 3.60. The highest BCUT2D eigenvalue weighted by atomic mass is 32.2. The maximum Gasteiger partial charge on any atom is 0.410 e. The van der Waals surface area contributed by atoms with E-state index in [2.05, 4.69) is 10.5 Å². The molecule has 4 aliphatic rings. The summed E-state index contributed by atoms with van der Waals surface area (Å²) in [6.45, 7) is 1.17. The number of hydrogen-bond donors (Lipinski definition) is 1. The number of carbonyl (C=O) groups is 2. The summed E-state index contributed by atoms with van der Waals surface area (Å²) in [5, 5.41) is 6.78. The van der Waals surface area contributed by atoms with Gasteiger partial charge in [0.25, 0.3) is 5.91 Å². The van der Waals surface area contributed by atoms with E-state index in [4.69, 9.17) is 9.26 Å². The molecule has 3 aliphatic heterocycles. The Hall–Kier alpha value is -2.99. The number of hydrogen-bond acceptors (Lipinski definition) is 7. The minimum Gasteiger partial charge on any atom is -0.445 e. The van der Waals surface area contributed by atoms with Gasteiger partial charge >= 0.3 is 6.09 Å². The van der Waals surface area contributed by atoms with E-state index >= 15 is 0 Å². The largest absolute Gasteiger partial charge is 0.445 e. The lowest BCUT2D eigenvalue weighted by atomic mass is 9.99. The summed E-state index contributed by atoms with van der Waals surface area (Å²) in [7, 11) is -3.49. The number of aromatic nitrogens is 1. The van der Waals surface area contributed by atoms with E-state index < -0.39 is 16.2 Å². The summed E-state index contributed by atoms with van der Waals surface area (Å²) in [6.07, 6.45) is 2.97. The Kier molecular flexibility index (Phi) is 7.56. The summed E-state index contributed by atoms with van der Waals surface area (Å²) < 4.78 is 52.6. The first-order valence-electron chi connectivity index (χ1n) is 14.1. The van der Waals surface area contributed by atoms with Gasteiger partial charge in [0, 0.05) is 37.3 Å². The van der Waals surface area contributed by atoms with Gasteiger partial charge in [-0.1, -0.05) is 35.5 Å². The minimum atomic E-state index is -3.49. The first kappa shape index (κ1) is 27.2. The molecule has 216 valence electrons. The molecule has 12 heteroatoms. The highest BCUT2D eigenvalue weighted by molar-refractivity contribution is 7.89. The van der Waals surface area contributed by atoms with Crippen molar-refractivity contribution in [3.8, 4) is 0 Å². The van der Waals surface area contributed by atoms with E-state index in [1.165, 1.54) is 6.07 Å². The number of piperidine rings is 2. The molecule has 40 heavy (non-hydrogen) atoms. The van der Waals surface area contributed by atoms with Gasteiger partial charge < -0.3 is 19.5 Å². The van der Waals surface area contributed by atoms with Gasteiger partial charge in [-0.05, 0) is 56.4 Å². The smallest absolute Gasteiger partial charge is 0.410 e. The highest BCUT2D eigenvalue weighted by Crippen LogP contribution is 2.43. The number of rotatable bonds is 8. The number of carbonyl (C=O) groups excluding carboxylic acids is 2. The Balaban J connectivity index is 0.976. The van der Waals surface area contributed by atoms with Gasteiger partial charge in [0.15, 0.2) is 5.69 Å². The number of benzene rings is 1. The van der Waals surface area contributed by atoms with Crippen LogP contribution in [0.25, 0.3) is 0 Å². The number of fused-ring (bicyclic) bond motifs is 2. The van der Waals surface area contributed by atoms with Gasteiger partial charge in [-0.15, -0.1) is 0 Å². The van der Waals surface area contributed by atoms with Crippen LogP contribution >= 0.6 is 0 Å². The number of halogens is 1. The van der Waals surface area contributed by atoms with Gasteiger partial charge in [-0.3, -0.25) is 4.79 Å². The first-order chi connectivity index (χ1) is 19.3. The standard InChI is InChI=1S/C28H35FN4O6S/c29-24-14-23(24)26-15-25(31-39-26)27(34)30-20-12-21-6-7-22(13-20)33(21)40(36,37)17-19-8-10-32(11-9-19)28(35)38-16-18-4-2-1-3-5-18/h1-5,15,19-24H,6-14,16-17H2,(H,30,34)/t20?,21-,22+,23-,24-/m1/s1. The second-order valence-electron chi connectivity index (χ2n) is 11.6. The zero-order chi connectivity index (χ0) is 27.9. The lowest BCUT2D eigenvalue weighted by Gasteiger charge is -2.39. The van der Waals surface area contributed by atoms with Gasteiger partial charge in [0.2, 0.25) is 10.0 Å². The maximum atomic E-state index is 13.5. The van der Waals surface area contributed by atoms with Crippen molar-refractivity contribution in [3.63, 3.8) is 0 Å². The summed E-state index contributed by atoms with van der Waals surface area (Å²) in [5.41, 5.74) is 1.05. The molecule has 4 fully saturated rings. The van der Waals surface area contributed by atoms with Crippen molar-refractivity contribution in [3.05, 3.63) is 53.4 Å². The number of likely N-dealkylation sites (tertiary alicyclic amines) is 1. The van der Waals surface area contributed by atoms with Crippen LogP contribution < -0.4 is 5.32 Å². The Labute approximate surface area is 233 Å². The fraction of sp³-hybridized carbons (Fsp3) is 0.607. The van der Waals surface area contributed by atoms with Gasteiger partial charge in [-0.25, -0.2) is 17.6 Å². The van der Waals surface area contributed by atoms with Crippen molar-refractivity contribution in [2.24, 2.45) is 5.92 Å². The Bertz CT molecular complexity index is 1320. The molecular formula is C28H35FN4O6S. The summed E-state index contributed by atoms with van der Waals surface area (Å²) in [5.74, 6) is -0.229. The van der Waals surface area contributed by atoms with Gasteiger partial charge in [0.1, 0.15) is 18.5 Å². The predicted molar refractivity (Wildman–Crippen MR) is 143 cm³/mol. The molecular weight excluding hydrogens is 539 g/mol. The first-order valence-corrected chi connectivity index (χ1v) is 15.8. The van der Waals surface area contributed by atoms with Crippen LogP contribution in [0.1, 0.15) is 72.7 Å². The quantitative estimate of drug-likeness (QED) is 0.511. The van der Waals surface area contributed by atoms with Crippen LogP contribution in [0.15, 0.2) is 40.9 Å². The summed E-state index contributed by atoms with van der Waals surface area (Å²) in [6, 6.07) is 10.6. The van der Waals surface area contributed by atoms with Crippen molar-refractivity contribution in [2.75, 3.05) is 18.8 Å². The molecule has 2 bridgehead atoms. The lowest BCUT2D eigenvalue weighted by Crippen LogP contribution is -2.53. The third-order valence-electron chi connectivity index (χ3n) is 8.69. The molecule has 6 rings (SSSR count). The molecule has 0 radical (unpaired) electrons. The second kappa shape index (κ2) is 11.1. The summed E-state index contributed by atoms with van der Waals surface area (Å²) >= 11 is 0. The van der Waals surface area contributed by atoms with Crippen LogP contribution in [-0.4, -0.2) is 77.9 Å². The van der Waals surface area contributed by atoms with E-state index in [1.54, 1.807) is 9.21 Å². The Morgan fingerprint density at radius 3 is 2.38 bits per heavy atom. The van der Waals surface area contributed by atoms with E-state index in [0.29, 0.717) is 51.0 Å². The van der Waals surface area contributed by atoms with Crippen molar-refractivity contribution in [1.29, 1.82) is 0 Å². The SMILES string of the molecule is O=C(NC1C[C@H]2CC[C@@H](C1)N2S(=O)(=O)CC1CCN(C(=O)OCc2ccccc2)CC1)c1cc([C@@H]2C[C@H]2F)on1. The molecule has 4 heterocycles. The molecule has 1 unspecified atom stereocenters. The number of amides is 2. The molecule has 1 saturated carbocycles. The van der Waals surface area contributed by atoms with Crippen molar-refractivity contribution < 1.29 is 31.7 Å². The number of sulfonamides is 1. The molecule has 3 saturated heterocycles. The third-order valence-corrected chi connectivity index (χ3v) is 10.8. The average molecular weight is 575 g/mol. The number of ether oxygens (including phenoxy) is 1. The number of nitrogens with zero attached hydrogens (tertiary/aromatic N) is 3. The van der Waals surface area contributed by atoms with E-state index in [-0.39, 0.29) is 60.0 Å². The molecule has 5 atom stereocenters. The van der Waals surface area contributed by atoms with Crippen LogP contribution in [0.3, 0.4) is 0 Å². The Morgan fingerprint density at radius 1 is 1.05 bits per heavy atom. The topological polar surface area (TPSA) is 122 Å². The zero-order valence-electron chi connectivity index (χ0n) is 22.3. The fourth-order valence-corrected chi connectivity index (χ4v) is 8.86. The highest BCUT2D eigenvalue weighted by Gasteiger charge is 2.48. The van der Waals surface area contributed by atoms with Gasteiger partial charge in [0.05, 0.1) is 11.7 Å². The average Bonchev–Trinajstić information content (AvgIpc) is 3.34. The van der Waals surface area contributed by atoms with Crippen LogP contribution in [0.5, 0.6) is 0 Å². The van der Waals surface area contributed by atoms with E-state index in [1.807, 2.05) is 30.3 Å². The molecule has 0 spiro atoms. The van der Waals surface area contributed by atoms with E-state index in [0.717, 1.165) is 18.4 Å². The lowest BCUT2D eigenvalue weighted by molar-refractivity contribution is 0.0838.